The zero-order chi connectivity index (χ0) is 19.1. The number of rotatable bonds is 10. The number of hydrogen-bond acceptors (Lipinski definition) is 8. The Bertz CT molecular complexity index is 399. The van der Waals surface area contributed by atoms with Crippen LogP contribution in [0.25, 0.3) is 0 Å². The molecule has 0 amide bonds. The molecule has 0 saturated carbocycles. The maximum absolute atomic E-state index is 10.1. The molecule has 2 atom stereocenters. The van der Waals surface area contributed by atoms with Crippen molar-refractivity contribution in [3.63, 3.8) is 0 Å². The quantitative estimate of drug-likeness (QED) is 0.0867. The van der Waals surface area contributed by atoms with Gasteiger partial charge in [0.05, 0.1) is 11.9 Å². The van der Waals surface area contributed by atoms with Gasteiger partial charge in [-0.2, -0.15) is 0 Å². The number of aliphatic imine (C=N–C) groups is 2. The van der Waals surface area contributed by atoms with Crippen molar-refractivity contribution >= 4 is 23.9 Å². The first kappa shape index (κ1) is 27.7. The number of carbonyl (C=O) groups is 2. The summed E-state index contributed by atoms with van der Waals surface area (Å²) < 4.78 is 0. The summed E-state index contributed by atoms with van der Waals surface area (Å²) >= 11 is 0. The minimum absolute atomic E-state index is 0. The minimum atomic E-state index is -1.25. The summed E-state index contributed by atoms with van der Waals surface area (Å²) in [5, 5.41) is 20.2. The molecule has 12 N–H and O–H groups in total. The Labute approximate surface area is 156 Å². The van der Waals surface area contributed by atoms with E-state index in [0.717, 1.165) is 0 Å². The Morgan fingerprint density at radius 1 is 0.760 bits per heavy atom. The number of nitrogens with zero attached hydrogens (tertiary/aromatic N) is 2. The first-order valence-corrected chi connectivity index (χ1v) is 7.11. The molecule has 0 aliphatic heterocycles. The third-order valence-corrected chi connectivity index (χ3v) is 2.54. The number of carboxylic acids is 2. The number of aliphatic carboxylic acids is 2. The van der Waals surface area contributed by atoms with E-state index in [9.17, 15) is 19.8 Å². The first-order chi connectivity index (χ1) is 11.1. The summed E-state index contributed by atoms with van der Waals surface area (Å²) in [4.78, 5) is 27.5. The number of guanidine groups is 2. The van der Waals surface area contributed by atoms with E-state index in [4.69, 9.17) is 34.4 Å². The van der Waals surface area contributed by atoms with Crippen molar-refractivity contribution in [3.05, 3.63) is 0 Å². The van der Waals surface area contributed by atoms with Crippen LogP contribution in [-0.2, 0) is 26.1 Å². The smallest absolute Gasteiger partial charge is 0.548 e. The second-order valence-corrected chi connectivity index (χ2v) is 4.75. The van der Waals surface area contributed by atoms with Gasteiger partial charge in [-0.05, 0) is 25.7 Å². The minimum Gasteiger partial charge on any atom is -0.548 e. The fraction of sp³-hybridized carbons (Fsp3) is 0.667. The molecule has 0 bridgehead atoms. The molecule has 0 aromatic heterocycles. The first-order valence-electron chi connectivity index (χ1n) is 7.11. The van der Waals surface area contributed by atoms with Crippen molar-refractivity contribution < 1.29 is 36.3 Å². The molecule has 0 aliphatic rings. The van der Waals surface area contributed by atoms with Gasteiger partial charge in [-0.3, -0.25) is 9.98 Å². The molecule has 0 rings (SSSR count). The Kier molecular flexibility index (Phi) is 18.6. The summed E-state index contributed by atoms with van der Waals surface area (Å²) in [6.07, 6.45) is 1.71. The molecule has 0 saturated heterocycles. The van der Waals surface area contributed by atoms with Gasteiger partial charge in [0.25, 0.3) is 0 Å². The van der Waals surface area contributed by atoms with Crippen molar-refractivity contribution in [2.45, 2.75) is 37.8 Å². The van der Waals surface area contributed by atoms with Crippen LogP contribution in [0.5, 0.6) is 0 Å². The average Bonchev–Trinajstić information content (AvgIpc) is 2.47. The molecule has 0 heterocycles. The van der Waals surface area contributed by atoms with Crippen molar-refractivity contribution in [2.24, 2.45) is 44.4 Å². The SMILES string of the molecule is NC(N)=NCCC[C@H](N)C(=O)[O-].NC(N)=NCCC[C@H](N)C(=O)[O-].[Ni+2]. The molecule has 0 aromatic carbocycles. The zero-order valence-electron chi connectivity index (χ0n) is 13.7. The third-order valence-electron chi connectivity index (χ3n) is 2.54. The summed E-state index contributed by atoms with van der Waals surface area (Å²) in [6.45, 7) is 0.784. The number of carbonyl (C=O) groups excluding carboxylic acids is 2. The normalized spacial score (nSPS) is 11.6. The van der Waals surface area contributed by atoms with E-state index >= 15 is 0 Å². The van der Waals surface area contributed by atoms with Crippen LogP contribution in [-0.4, -0.2) is 49.0 Å². The van der Waals surface area contributed by atoms with Gasteiger partial charge >= 0.3 is 16.5 Å². The topological polar surface area (TPSA) is 261 Å². The van der Waals surface area contributed by atoms with Gasteiger partial charge in [0, 0.05) is 25.2 Å². The predicted molar refractivity (Wildman–Crippen MR) is 85.8 cm³/mol. The Hall–Kier alpha value is -2.11. The zero-order valence-corrected chi connectivity index (χ0v) is 14.7. The van der Waals surface area contributed by atoms with E-state index in [0.29, 0.717) is 38.8 Å². The Morgan fingerprint density at radius 2 is 1.04 bits per heavy atom. The predicted octanol–water partition coefficient (Wildman–Crippen LogP) is -5.77. The maximum atomic E-state index is 10.1. The Balaban J connectivity index is -0.000000372. The molecule has 25 heavy (non-hydrogen) atoms. The maximum Gasteiger partial charge on any atom is 2.00 e. The summed E-state index contributed by atoms with van der Waals surface area (Å²) in [7, 11) is 0. The molecule has 0 spiro atoms. The van der Waals surface area contributed by atoms with Gasteiger partial charge in [0.15, 0.2) is 11.9 Å². The number of nitrogens with two attached hydrogens (primary N) is 6. The van der Waals surface area contributed by atoms with E-state index in [1.54, 1.807) is 0 Å². The fourth-order valence-corrected chi connectivity index (χ4v) is 1.27. The monoisotopic (exact) mass is 404 g/mol. The molecular weight excluding hydrogens is 379 g/mol. The largest absolute Gasteiger partial charge is 2.00 e. The van der Waals surface area contributed by atoms with Crippen LogP contribution in [0.2, 0.25) is 0 Å². The van der Waals surface area contributed by atoms with Crippen molar-refractivity contribution in [2.75, 3.05) is 13.1 Å². The van der Waals surface area contributed by atoms with Crippen molar-refractivity contribution in [1.82, 2.24) is 0 Å². The van der Waals surface area contributed by atoms with Crippen LogP contribution in [0.3, 0.4) is 0 Å². The van der Waals surface area contributed by atoms with E-state index < -0.39 is 24.0 Å². The van der Waals surface area contributed by atoms with E-state index in [1.807, 2.05) is 0 Å². The van der Waals surface area contributed by atoms with Crippen LogP contribution in [0.4, 0.5) is 0 Å². The van der Waals surface area contributed by atoms with Gasteiger partial charge in [0.2, 0.25) is 0 Å². The van der Waals surface area contributed by atoms with E-state index in [-0.39, 0.29) is 28.4 Å². The van der Waals surface area contributed by atoms with E-state index in [1.165, 1.54) is 0 Å². The molecular formula is C12H26N8NiO4. The van der Waals surface area contributed by atoms with Crippen molar-refractivity contribution in [3.8, 4) is 0 Å². The van der Waals surface area contributed by atoms with Crippen LogP contribution in [0.15, 0.2) is 9.98 Å². The molecule has 13 heteroatoms. The fourth-order valence-electron chi connectivity index (χ4n) is 1.27. The van der Waals surface area contributed by atoms with E-state index in [2.05, 4.69) is 9.98 Å². The standard InChI is InChI=1S/2C6H14N4O2.Ni/c2*7-4(5(11)12)2-1-3-10-6(8)9;/h2*4H,1-3,7H2,(H,11,12)(H4,8,9,10);/q;;+2/p-2/t2*4-;/m00./s1. The van der Waals surface area contributed by atoms with Gasteiger partial charge in [-0.15, -0.1) is 0 Å². The van der Waals surface area contributed by atoms with Gasteiger partial charge < -0.3 is 54.2 Å². The second kappa shape index (κ2) is 16.7. The average molecular weight is 405 g/mol. The summed E-state index contributed by atoms with van der Waals surface area (Å²) in [6, 6.07) is -1.86. The van der Waals surface area contributed by atoms with Gasteiger partial charge in [-0.25, -0.2) is 0 Å². The Morgan fingerprint density at radius 3 is 1.24 bits per heavy atom. The van der Waals surface area contributed by atoms with Crippen LogP contribution in [0, 0.1) is 0 Å². The van der Waals surface area contributed by atoms with Gasteiger partial charge in [0.1, 0.15) is 0 Å². The number of carboxylic acid groups (broad SMARTS) is 2. The molecule has 0 aromatic rings. The van der Waals surface area contributed by atoms with Crippen LogP contribution < -0.4 is 44.6 Å². The molecule has 0 radical (unpaired) electrons. The van der Waals surface area contributed by atoms with Crippen LogP contribution >= 0.6 is 0 Å². The second-order valence-electron chi connectivity index (χ2n) is 4.75. The molecule has 148 valence electrons. The van der Waals surface area contributed by atoms with Crippen molar-refractivity contribution in [1.29, 1.82) is 0 Å². The third kappa shape index (κ3) is 21.9. The number of hydrogen-bond donors (Lipinski definition) is 6. The van der Waals surface area contributed by atoms with Crippen LogP contribution in [0.1, 0.15) is 25.7 Å². The molecule has 0 fully saturated rings. The van der Waals surface area contributed by atoms with Gasteiger partial charge in [-0.1, -0.05) is 0 Å². The molecule has 0 aliphatic carbocycles. The molecule has 12 nitrogen and oxygen atoms in total. The summed E-state index contributed by atoms with van der Waals surface area (Å²) in [5.74, 6) is -2.51. The molecule has 0 unspecified atom stereocenters. The summed E-state index contributed by atoms with van der Waals surface area (Å²) in [5.41, 5.74) is 30.5.